The van der Waals surface area contributed by atoms with Crippen LogP contribution in [0.3, 0.4) is 0 Å². The topological polar surface area (TPSA) is 114 Å². The first-order valence-corrected chi connectivity index (χ1v) is 7.52. The van der Waals surface area contributed by atoms with E-state index in [1.165, 1.54) is 11.8 Å². The molecular formula is C14H16N2O4S. The van der Waals surface area contributed by atoms with E-state index >= 15 is 0 Å². The molecule has 0 unspecified atom stereocenters. The molecule has 0 aliphatic carbocycles. The second-order valence-electron chi connectivity index (χ2n) is 4.86. The molecule has 21 heavy (non-hydrogen) atoms. The Morgan fingerprint density at radius 3 is 2.57 bits per heavy atom. The van der Waals surface area contributed by atoms with Crippen LogP contribution in [0.15, 0.2) is 24.3 Å². The lowest BCUT2D eigenvalue weighted by atomic mass is 10.0. The Labute approximate surface area is 126 Å². The van der Waals surface area contributed by atoms with E-state index in [0.717, 1.165) is 0 Å². The van der Waals surface area contributed by atoms with E-state index in [4.69, 9.17) is 5.26 Å². The molecule has 1 heterocycles. The van der Waals surface area contributed by atoms with Crippen LogP contribution in [0.4, 0.5) is 5.69 Å². The highest BCUT2D eigenvalue weighted by atomic mass is 32.2. The van der Waals surface area contributed by atoms with Crippen LogP contribution in [-0.4, -0.2) is 50.5 Å². The van der Waals surface area contributed by atoms with Crippen molar-refractivity contribution in [1.82, 2.24) is 0 Å². The quantitative estimate of drug-likeness (QED) is 0.629. The van der Waals surface area contributed by atoms with E-state index in [2.05, 4.69) is 5.32 Å². The molecule has 1 aliphatic heterocycles. The van der Waals surface area contributed by atoms with Crippen LogP contribution in [-0.2, 0) is 4.79 Å². The second-order valence-corrected chi connectivity index (χ2v) is 6.13. The summed E-state index contributed by atoms with van der Waals surface area (Å²) in [6, 6.07) is 8.43. The summed E-state index contributed by atoms with van der Waals surface area (Å²) in [6.45, 7) is 0. The third kappa shape index (κ3) is 3.95. The number of amides is 1. The summed E-state index contributed by atoms with van der Waals surface area (Å²) in [6.07, 6.45) is -3.29. The van der Waals surface area contributed by atoms with Gasteiger partial charge in [0.25, 0.3) is 0 Å². The van der Waals surface area contributed by atoms with Crippen molar-refractivity contribution in [2.24, 2.45) is 0 Å². The molecule has 1 saturated heterocycles. The van der Waals surface area contributed by atoms with Gasteiger partial charge in [-0.1, -0.05) is 0 Å². The van der Waals surface area contributed by atoms with Gasteiger partial charge in [-0.25, -0.2) is 0 Å². The number of hydrogen-bond donors (Lipinski definition) is 4. The van der Waals surface area contributed by atoms with E-state index in [0.29, 0.717) is 11.3 Å². The van der Waals surface area contributed by atoms with Crippen molar-refractivity contribution in [3.05, 3.63) is 29.8 Å². The van der Waals surface area contributed by atoms with Gasteiger partial charge in [0.15, 0.2) is 0 Å². The van der Waals surface area contributed by atoms with Gasteiger partial charge in [0.2, 0.25) is 5.91 Å². The Morgan fingerprint density at radius 1 is 1.29 bits per heavy atom. The fourth-order valence-corrected chi connectivity index (χ4v) is 3.34. The average molecular weight is 308 g/mol. The first-order valence-electron chi connectivity index (χ1n) is 6.47. The number of nitrogens with zero attached hydrogens (tertiary/aromatic N) is 1. The van der Waals surface area contributed by atoms with Crippen molar-refractivity contribution in [2.75, 3.05) is 11.1 Å². The Hall–Kier alpha value is -1.59. The van der Waals surface area contributed by atoms with Gasteiger partial charge in [-0.05, 0) is 24.3 Å². The number of aliphatic hydroxyl groups excluding tert-OH is 3. The standard InChI is InChI=1S/C14H16N2O4S/c15-6-8-1-3-9(4-2-8)16-12(18)5-11-14(20)13(19)10(17)7-21-11/h1-4,10-11,13-14,17,19-20H,5,7H2,(H,16,18)/t10-,11+,13+,14+/m1/s1. The van der Waals surface area contributed by atoms with E-state index in [-0.39, 0.29) is 18.1 Å². The third-order valence-corrected chi connectivity index (χ3v) is 4.70. The van der Waals surface area contributed by atoms with Gasteiger partial charge in [-0.2, -0.15) is 17.0 Å². The molecule has 112 valence electrons. The van der Waals surface area contributed by atoms with Crippen LogP contribution in [0.5, 0.6) is 0 Å². The molecule has 2 rings (SSSR count). The molecule has 4 N–H and O–H groups in total. The monoisotopic (exact) mass is 308 g/mol. The van der Waals surface area contributed by atoms with Crippen molar-refractivity contribution in [1.29, 1.82) is 5.26 Å². The molecule has 1 amide bonds. The molecule has 0 radical (unpaired) electrons. The van der Waals surface area contributed by atoms with Crippen LogP contribution in [0.2, 0.25) is 0 Å². The number of nitrogens with one attached hydrogen (secondary N) is 1. The first kappa shape index (κ1) is 15.8. The number of anilines is 1. The summed E-state index contributed by atoms with van der Waals surface area (Å²) in [7, 11) is 0. The normalized spacial score (nSPS) is 28.7. The van der Waals surface area contributed by atoms with Gasteiger partial charge in [-0.15, -0.1) is 0 Å². The van der Waals surface area contributed by atoms with Crippen molar-refractivity contribution < 1.29 is 20.1 Å². The molecule has 6 nitrogen and oxygen atoms in total. The summed E-state index contributed by atoms with van der Waals surface area (Å²) >= 11 is 1.26. The van der Waals surface area contributed by atoms with Gasteiger partial charge in [-0.3, -0.25) is 4.79 Å². The zero-order valence-corrected chi connectivity index (χ0v) is 12.0. The minimum absolute atomic E-state index is 0.0373. The number of carbonyl (C=O) groups excluding carboxylic acids is 1. The highest BCUT2D eigenvalue weighted by Gasteiger charge is 2.37. The van der Waals surface area contributed by atoms with E-state index < -0.39 is 23.6 Å². The lowest BCUT2D eigenvalue weighted by Crippen LogP contribution is -2.49. The molecule has 4 atom stereocenters. The number of thioether (sulfide) groups is 1. The summed E-state index contributed by atoms with van der Waals surface area (Å²) in [4.78, 5) is 11.9. The largest absolute Gasteiger partial charge is 0.389 e. The van der Waals surface area contributed by atoms with Crippen molar-refractivity contribution in [2.45, 2.75) is 30.0 Å². The Bertz CT molecular complexity index is 543. The van der Waals surface area contributed by atoms with Gasteiger partial charge in [0, 0.05) is 23.1 Å². The van der Waals surface area contributed by atoms with Crippen LogP contribution in [0.1, 0.15) is 12.0 Å². The molecule has 0 spiro atoms. The van der Waals surface area contributed by atoms with Crippen LogP contribution in [0.25, 0.3) is 0 Å². The highest BCUT2D eigenvalue weighted by Crippen LogP contribution is 2.29. The zero-order valence-electron chi connectivity index (χ0n) is 11.1. The fourth-order valence-electron chi connectivity index (χ4n) is 2.07. The zero-order chi connectivity index (χ0) is 15.4. The Kier molecular flexibility index (Phi) is 5.20. The van der Waals surface area contributed by atoms with Crippen LogP contribution < -0.4 is 5.32 Å². The number of hydrogen-bond acceptors (Lipinski definition) is 6. The Morgan fingerprint density at radius 2 is 1.95 bits per heavy atom. The molecule has 1 aromatic rings. The smallest absolute Gasteiger partial charge is 0.225 e. The van der Waals surface area contributed by atoms with Gasteiger partial charge >= 0.3 is 0 Å². The average Bonchev–Trinajstić information content (AvgIpc) is 2.49. The van der Waals surface area contributed by atoms with Crippen molar-refractivity contribution >= 4 is 23.4 Å². The van der Waals surface area contributed by atoms with Gasteiger partial charge in [0.1, 0.15) is 6.10 Å². The Balaban J connectivity index is 1.91. The number of carbonyl (C=O) groups is 1. The van der Waals surface area contributed by atoms with Gasteiger partial charge < -0.3 is 20.6 Å². The summed E-state index contributed by atoms with van der Waals surface area (Å²) < 4.78 is 0. The molecule has 7 heteroatoms. The lowest BCUT2D eigenvalue weighted by Gasteiger charge is -2.34. The maximum Gasteiger partial charge on any atom is 0.225 e. The van der Waals surface area contributed by atoms with E-state index in [9.17, 15) is 20.1 Å². The minimum atomic E-state index is -1.22. The second kappa shape index (κ2) is 6.91. The van der Waals surface area contributed by atoms with Gasteiger partial charge in [0.05, 0.1) is 23.8 Å². The summed E-state index contributed by atoms with van der Waals surface area (Å²) in [5.74, 6) is -0.00705. The number of benzene rings is 1. The molecule has 0 saturated carbocycles. The summed E-state index contributed by atoms with van der Waals surface area (Å²) in [5.41, 5.74) is 1.07. The van der Waals surface area contributed by atoms with Crippen LogP contribution in [0, 0.1) is 11.3 Å². The maximum absolute atomic E-state index is 11.9. The fraction of sp³-hybridized carbons (Fsp3) is 0.429. The summed E-state index contributed by atoms with van der Waals surface area (Å²) in [5, 5.41) is 39.8. The first-order chi connectivity index (χ1) is 10.0. The van der Waals surface area contributed by atoms with Crippen molar-refractivity contribution in [3.8, 4) is 6.07 Å². The predicted octanol–water partition coefficient (Wildman–Crippen LogP) is 0.0850. The minimum Gasteiger partial charge on any atom is -0.389 e. The highest BCUT2D eigenvalue weighted by molar-refractivity contribution is 8.00. The molecular weight excluding hydrogens is 292 g/mol. The molecule has 1 aromatic carbocycles. The van der Waals surface area contributed by atoms with Crippen LogP contribution >= 0.6 is 11.8 Å². The van der Waals surface area contributed by atoms with Crippen molar-refractivity contribution in [3.63, 3.8) is 0 Å². The number of aliphatic hydroxyl groups is 3. The third-order valence-electron chi connectivity index (χ3n) is 3.29. The number of rotatable bonds is 3. The lowest BCUT2D eigenvalue weighted by molar-refractivity contribution is -0.117. The predicted molar refractivity (Wildman–Crippen MR) is 78.7 cm³/mol. The molecule has 0 aromatic heterocycles. The SMILES string of the molecule is N#Cc1ccc(NC(=O)C[C@@H]2SC[C@@H](O)[C@H](O)[C@H]2O)cc1. The molecule has 1 fully saturated rings. The molecule has 0 bridgehead atoms. The maximum atomic E-state index is 11.9. The van der Waals surface area contributed by atoms with E-state index in [1.54, 1.807) is 24.3 Å². The number of nitriles is 1. The molecule has 1 aliphatic rings. The van der Waals surface area contributed by atoms with E-state index in [1.807, 2.05) is 6.07 Å².